The first-order valence-electron chi connectivity index (χ1n) is 10.5. The summed E-state index contributed by atoms with van der Waals surface area (Å²) in [5, 5.41) is 0. The third-order valence-corrected chi connectivity index (χ3v) is 7.16. The first kappa shape index (κ1) is 21.0. The number of Topliss-reactive ketones (excluding diaryl/α,β-unsaturated/α-hetero) is 1. The number of carbonyl (C=O) groups is 4. The predicted molar refractivity (Wildman–Crippen MR) is 102 cm³/mol. The molecule has 0 N–H and O–H groups in total. The molecule has 30 heavy (non-hydrogen) atoms. The summed E-state index contributed by atoms with van der Waals surface area (Å²) in [7, 11) is 0. The second-order valence-corrected chi connectivity index (χ2v) is 9.46. The van der Waals surface area contributed by atoms with Crippen molar-refractivity contribution in [1.29, 1.82) is 0 Å². The minimum absolute atomic E-state index is 0.0255. The summed E-state index contributed by atoms with van der Waals surface area (Å²) in [5.74, 6) is -0.862. The minimum atomic E-state index is -0.611. The maximum atomic E-state index is 12.1. The third-order valence-electron chi connectivity index (χ3n) is 7.16. The predicted octanol–water partition coefficient (Wildman–Crippen LogP) is 1.75. The topological polar surface area (TPSA) is 105 Å². The van der Waals surface area contributed by atoms with Gasteiger partial charge in [0, 0.05) is 22.8 Å². The van der Waals surface area contributed by atoms with Crippen LogP contribution in [0.1, 0.15) is 45.4 Å². The van der Waals surface area contributed by atoms with Gasteiger partial charge in [0.2, 0.25) is 0 Å². The standard InChI is InChI=1S/C22H28O8/c1-13(2)19(25)28-9-15(23)3-4-27-10-18(24)29-12-21-6-14-5-16-20(26)30-17(8-21)22(16,7-14)11-21/h14,16-17H,1,3-12H2,2H3. The molecule has 5 atom stereocenters. The quantitative estimate of drug-likeness (QED) is 0.228. The summed E-state index contributed by atoms with van der Waals surface area (Å²) in [6.07, 6.45) is 4.62. The molecule has 4 rings (SSSR count). The zero-order valence-electron chi connectivity index (χ0n) is 17.3. The molecule has 1 spiro atoms. The number of fused-ring (bicyclic) bond motifs is 2. The lowest BCUT2D eigenvalue weighted by molar-refractivity contribution is -0.155. The van der Waals surface area contributed by atoms with Gasteiger partial charge in [-0.15, -0.1) is 0 Å². The molecule has 3 saturated carbocycles. The van der Waals surface area contributed by atoms with Crippen LogP contribution in [0.4, 0.5) is 0 Å². The van der Waals surface area contributed by atoms with E-state index < -0.39 is 11.9 Å². The molecule has 4 fully saturated rings. The van der Waals surface area contributed by atoms with Gasteiger partial charge < -0.3 is 18.9 Å². The van der Waals surface area contributed by atoms with Crippen molar-refractivity contribution in [2.24, 2.45) is 22.7 Å². The van der Waals surface area contributed by atoms with Crippen molar-refractivity contribution in [1.82, 2.24) is 0 Å². The Bertz CT molecular complexity index is 788. The lowest BCUT2D eigenvalue weighted by Gasteiger charge is -2.36. The highest BCUT2D eigenvalue weighted by Gasteiger charge is 2.72. The van der Waals surface area contributed by atoms with Crippen molar-refractivity contribution >= 4 is 23.7 Å². The molecule has 4 aliphatic rings. The van der Waals surface area contributed by atoms with E-state index in [1.165, 1.54) is 6.92 Å². The third kappa shape index (κ3) is 3.77. The normalized spacial score (nSPS) is 35.1. The van der Waals surface area contributed by atoms with Gasteiger partial charge in [-0.1, -0.05) is 6.58 Å². The second-order valence-electron chi connectivity index (χ2n) is 9.46. The van der Waals surface area contributed by atoms with Crippen molar-refractivity contribution in [2.45, 2.75) is 51.6 Å². The van der Waals surface area contributed by atoms with Gasteiger partial charge in [-0.2, -0.15) is 0 Å². The fourth-order valence-corrected chi connectivity index (χ4v) is 6.13. The summed E-state index contributed by atoms with van der Waals surface area (Å²) in [6.45, 7) is 4.74. The summed E-state index contributed by atoms with van der Waals surface area (Å²) in [5.41, 5.74) is 0.102. The second kappa shape index (κ2) is 7.80. The SMILES string of the molecule is C=C(C)C(=O)OCC(=O)CCOCC(=O)OCC12CC3CC4C(=O)OC(C1)C4(C3)C2. The van der Waals surface area contributed by atoms with E-state index in [1.54, 1.807) is 0 Å². The van der Waals surface area contributed by atoms with Crippen LogP contribution in [0.25, 0.3) is 0 Å². The Hall–Kier alpha value is -2.22. The lowest BCUT2D eigenvalue weighted by Crippen LogP contribution is -2.34. The molecule has 8 heteroatoms. The minimum Gasteiger partial charge on any atom is -0.463 e. The van der Waals surface area contributed by atoms with E-state index in [9.17, 15) is 19.2 Å². The molecule has 5 unspecified atom stereocenters. The van der Waals surface area contributed by atoms with Crippen LogP contribution < -0.4 is 0 Å². The van der Waals surface area contributed by atoms with E-state index in [1.807, 2.05) is 0 Å². The van der Waals surface area contributed by atoms with Crippen molar-refractivity contribution in [3.63, 3.8) is 0 Å². The number of hydrogen-bond donors (Lipinski definition) is 0. The molecule has 1 heterocycles. The van der Waals surface area contributed by atoms with E-state index in [2.05, 4.69) is 6.58 Å². The van der Waals surface area contributed by atoms with E-state index in [0.29, 0.717) is 12.5 Å². The van der Waals surface area contributed by atoms with Gasteiger partial charge in [-0.3, -0.25) is 9.59 Å². The number of hydrogen-bond acceptors (Lipinski definition) is 8. The fourth-order valence-electron chi connectivity index (χ4n) is 6.13. The molecule has 0 aromatic carbocycles. The highest BCUT2D eigenvalue weighted by Crippen LogP contribution is 2.72. The molecule has 0 aromatic heterocycles. The van der Waals surface area contributed by atoms with Crippen molar-refractivity contribution in [2.75, 3.05) is 26.4 Å². The zero-order chi connectivity index (χ0) is 21.5. The Morgan fingerprint density at radius 3 is 2.73 bits per heavy atom. The molecule has 164 valence electrons. The van der Waals surface area contributed by atoms with Crippen LogP contribution in [0, 0.1) is 22.7 Å². The number of rotatable bonds is 10. The van der Waals surface area contributed by atoms with Gasteiger partial charge in [0.15, 0.2) is 5.78 Å². The molecule has 1 aliphatic heterocycles. The highest BCUT2D eigenvalue weighted by atomic mass is 16.6. The molecule has 0 aromatic rings. The van der Waals surface area contributed by atoms with Crippen LogP contribution in [0.15, 0.2) is 12.2 Å². The number of ether oxygens (including phenoxy) is 4. The van der Waals surface area contributed by atoms with Crippen LogP contribution in [0.3, 0.4) is 0 Å². The van der Waals surface area contributed by atoms with Gasteiger partial charge in [0.25, 0.3) is 0 Å². The largest absolute Gasteiger partial charge is 0.463 e. The molecular formula is C22H28O8. The van der Waals surface area contributed by atoms with E-state index >= 15 is 0 Å². The number of esters is 3. The van der Waals surface area contributed by atoms with E-state index in [4.69, 9.17) is 18.9 Å². The first-order valence-corrected chi connectivity index (χ1v) is 10.5. The Morgan fingerprint density at radius 1 is 1.17 bits per heavy atom. The van der Waals surface area contributed by atoms with Gasteiger partial charge in [0.05, 0.1) is 19.1 Å². The molecule has 0 amide bonds. The summed E-state index contributed by atoms with van der Waals surface area (Å²) in [6, 6.07) is 0. The van der Waals surface area contributed by atoms with Crippen molar-refractivity contribution in [3.05, 3.63) is 12.2 Å². The molecule has 0 radical (unpaired) electrons. The van der Waals surface area contributed by atoms with E-state index in [-0.39, 0.29) is 66.4 Å². The maximum Gasteiger partial charge on any atom is 0.333 e. The average molecular weight is 420 g/mol. The molecule has 3 aliphatic carbocycles. The Balaban J connectivity index is 1.15. The zero-order valence-corrected chi connectivity index (χ0v) is 17.3. The average Bonchev–Trinajstić information content (AvgIpc) is 3.20. The Labute approximate surface area is 175 Å². The van der Waals surface area contributed by atoms with E-state index in [0.717, 1.165) is 32.1 Å². The molecule has 1 saturated heterocycles. The van der Waals surface area contributed by atoms with Crippen molar-refractivity contribution < 1.29 is 38.1 Å². The number of ketones is 1. The maximum absolute atomic E-state index is 12.1. The highest BCUT2D eigenvalue weighted by molar-refractivity contribution is 5.89. The summed E-state index contributed by atoms with van der Waals surface area (Å²) in [4.78, 5) is 47.1. The summed E-state index contributed by atoms with van der Waals surface area (Å²) >= 11 is 0. The molecule has 3 bridgehead atoms. The van der Waals surface area contributed by atoms with Crippen LogP contribution in [0.2, 0.25) is 0 Å². The van der Waals surface area contributed by atoms with Crippen LogP contribution in [-0.2, 0) is 38.1 Å². The summed E-state index contributed by atoms with van der Waals surface area (Å²) < 4.78 is 21.1. The molecular weight excluding hydrogens is 392 g/mol. The monoisotopic (exact) mass is 420 g/mol. The lowest BCUT2D eigenvalue weighted by atomic mass is 9.68. The first-order chi connectivity index (χ1) is 14.2. The Morgan fingerprint density at radius 2 is 1.97 bits per heavy atom. The van der Waals surface area contributed by atoms with Gasteiger partial charge in [0.1, 0.15) is 19.3 Å². The number of carbonyl (C=O) groups excluding carboxylic acids is 4. The van der Waals surface area contributed by atoms with Crippen LogP contribution in [0.5, 0.6) is 0 Å². The van der Waals surface area contributed by atoms with Crippen LogP contribution >= 0.6 is 0 Å². The fraction of sp³-hybridized carbons (Fsp3) is 0.727. The smallest absolute Gasteiger partial charge is 0.333 e. The Kier molecular flexibility index (Phi) is 5.46. The van der Waals surface area contributed by atoms with Crippen LogP contribution in [-0.4, -0.2) is 56.2 Å². The van der Waals surface area contributed by atoms with Gasteiger partial charge in [-0.25, -0.2) is 9.59 Å². The van der Waals surface area contributed by atoms with Gasteiger partial charge >= 0.3 is 17.9 Å². The van der Waals surface area contributed by atoms with Crippen molar-refractivity contribution in [3.8, 4) is 0 Å². The van der Waals surface area contributed by atoms with Gasteiger partial charge in [-0.05, 0) is 44.9 Å². The molecule has 8 nitrogen and oxygen atoms in total.